The van der Waals surface area contributed by atoms with Crippen molar-refractivity contribution in [2.24, 2.45) is 5.92 Å². The zero-order valence-electron chi connectivity index (χ0n) is 26.8. The number of benzene rings is 4. The van der Waals surface area contributed by atoms with E-state index in [0.29, 0.717) is 18.7 Å². The lowest BCUT2D eigenvalue weighted by atomic mass is 9.71. The molecule has 47 heavy (non-hydrogen) atoms. The first-order valence-corrected chi connectivity index (χ1v) is 16.3. The average molecular weight is 658 g/mol. The van der Waals surface area contributed by atoms with E-state index in [9.17, 15) is 14.0 Å². The molecule has 1 N–H and O–H groups in total. The van der Waals surface area contributed by atoms with Gasteiger partial charge in [0.1, 0.15) is 18.7 Å². The Bertz CT molecular complexity index is 1460. The molecule has 0 aromatic heterocycles. The van der Waals surface area contributed by atoms with Crippen molar-refractivity contribution in [3.8, 4) is 0 Å². The first kappa shape index (κ1) is 35.8. The lowest BCUT2D eigenvalue weighted by Gasteiger charge is -2.38. The fraction of sp³-hybridized carbons (Fsp3) is 0.333. The number of hydrogen-bond donors (Lipinski definition) is 1. The van der Waals surface area contributed by atoms with Crippen LogP contribution < -0.4 is 5.43 Å². The van der Waals surface area contributed by atoms with Crippen LogP contribution in [-0.4, -0.2) is 55.0 Å². The second kappa shape index (κ2) is 18.3. The Labute approximate surface area is 284 Å². The summed E-state index contributed by atoms with van der Waals surface area (Å²) >= 11 is 0. The van der Waals surface area contributed by atoms with E-state index in [-0.39, 0.29) is 31.4 Å². The summed E-state index contributed by atoms with van der Waals surface area (Å²) in [7, 11) is 0. The van der Waals surface area contributed by atoms with Gasteiger partial charge in [-0.05, 0) is 92.0 Å². The van der Waals surface area contributed by atoms with Gasteiger partial charge in [0.2, 0.25) is 0 Å². The minimum atomic E-state index is -0.591. The number of piperidine rings is 1. The normalized spacial score (nSPS) is 13.8. The topological polar surface area (TPSA) is 61.9 Å². The van der Waals surface area contributed by atoms with Gasteiger partial charge in [0.15, 0.2) is 0 Å². The van der Waals surface area contributed by atoms with Gasteiger partial charge in [0.05, 0.1) is 6.54 Å². The van der Waals surface area contributed by atoms with Gasteiger partial charge < -0.3 is 14.4 Å². The maximum absolute atomic E-state index is 13.7. The number of ether oxygens (including phenoxy) is 1. The maximum Gasteiger partial charge on any atom is 0.424 e. The third kappa shape index (κ3) is 10.2. The third-order valence-corrected chi connectivity index (χ3v) is 9.11. The van der Waals surface area contributed by atoms with E-state index in [1.807, 2.05) is 72.8 Å². The number of carbonyl (C=O) groups excluding carboxylic acids is 2. The first-order valence-electron chi connectivity index (χ1n) is 16.3. The zero-order chi connectivity index (χ0) is 32.0. The Morgan fingerprint density at radius 3 is 2.06 bits per heavy atom. The quantitative estimate of drug-likeness (QED) is 0.105. The molecule has 1 aliphatic heterocycles. The third-order valence-electron chi connectivity index (χ3n) is 9.11. The number of nitrogens with zero attached hydrogens (tertiary/aromatic N) is 2. The van der Waals surface area contributed by atoms with Gasteiger partial charge >= 0.3 is 6.09 Å². The molecule has 4 aromatic carbocycles. The number of rotatable bonds is 15. The van der Waals surface area contributed by atoms with E-state index < -0.39 is 11.5 Å². The van der Waals surface area contributed by atoms with Gasteiger partial charge in [-0.1, -0.05) is 103 Å². The van der Waals surface area contributed by atoms with Crippen LogP contribution in [-0.2, 0) is 28.0 Å². The summed E-state index contributed by atoms with van der Waals surface area (Å²) in [6.07, 6.45) is 5.04. The molecule has 1 aliphatic rings. The van der Waals surface area contributed by atoms with Crippen LogP contribution >= 0.6 is 12.4 Å². The van der Waals surface area contributed by atoms with Crippen molar-refractivity contribution in [1.82, 2.24) is 15.3 Å². The predicted octanol–water partition coefficient (Wildman–Crippen LogP) is 7.61. The fourth-order valence-electron chi connectivity index (χ4n) is 6.58. The Kier molecular flexibility index (Phi) is 14.0. The molecule has 248 valence electrons. The largest absolute Gasteiger partial charge is 0.444 e. The van der Waals surface area contributed by atoms with Crippen LogP contribution in [0.25, 0.3) is 0 Å². The molecule has 0 bridgehead atoms. The molecular weight excluding hydrogens is 613 g/mol. The van der Waals surface area contributed by atoms with Crippen molar-refractivity contribution in [3.05, 3.63) is 143 Å². The summed E-state index contributed by atoms with van der Waals surface area (Å²) in [6.45, 7) is 3.43. The van der Waals surface area contributed by atoms with E-state index >= 15 is 0 Å². The Balaban J connectivity index is 0.00000500. The van der Waals surface area contributed by atoms with Crippen LogP contribution in [0.3, 0.4) is 0 Å². The summed E-state index contributed by atoms with van der Waals surface area (Å²) < 4.78 is 19.3. The molecule has 0 atom stereocenters. The lowest BCUT2D eigenvalue weighted by molar-refractivity contribution is -0.109. The van der Waals surface area contributed by atoms with Crippen molar-refractivity contribution >= 4 is 24.8 Å². The highest BCUT2D eigenvalue weighted by Gasteiger charge is 2.35. The number of halogens is 2. The number of hydrazine groups is 1. The average Bonchev–Trinajstić information content (AvgIpc) is 3.10. The molecule has 0 aliphatic carbocycles. The molecule has 1 saturated heterocycles. The van der Waals surface area contributed by atoms with Crippen LogP contribution in [0.4, 0.5) is 9.18 Å². The molecule has 0 saturated carbocycles. The van der Waals surface area contributed by atoms with E-state index in [4.69, 9.17) is 4.74 Å². The summed E-state index contributed by atoms with van der Waals surface area (Å²) in [5, 5.41) is 1.28. The zero-order valence-corrected chi connectivity index (χ0v) is 27.6. The predicted molar refractivity (Wildman–Crippen MR) is 187 cm³/mol. The minimum Gasteiger partial charge on any atom is -0.444 e. The first-order chi connectivity index (χ1) is 22.6. The SMILES string of the molecule is Cl.O=CCN(NCC(CCCN1CCC(Cc2cccc(F)c2)CC1)(c1ccccc1)c1ccccc1)C(=O)OCc1ccccc1. The highest BCUT2D eigenvalue weighted by Crippen LogP contribution is 2.37. The molecule has 0 radical (unpaired) electrons. The Morgan fingerprint density at radius 2 is 1.47 bits per heavy atom. The van der Waals surface area contributed by atoms with E-state index in [0.717, 1.165) is 74.0 Å². The van der Waals surface area contributed by atoms with Crippen LogP contribution in [0.15, 0.2) is 115 Å². The second-order valence-electron chi connectivity index (χ2n) is 12.2. The Hall–Kier alpha value is -4.04. The number of amides is 1. The number of carbonyl (C=O) groups is 2. The van der Waals surface area contributed by atoms with Crippen LogP contribution in [0.5, 0.6) is 0 Å². The number of likely N-dealkylation sites (tertiary alicyclic amines) is 1. The molecule has 0 unspecified atom stereocenters. The van der Waals surface area contributed by atoms with Crippen molar-refractivity contribution in [2.45, 2.75) is 44.1 Å². The van der Waals surface area contributed by atoms with Gasteiger partial charge in [-0.25, -0.2) is 19.6 Å². The monoisotopic (exact) mass is 657 g/mol. The van der Waals surface area contributed by atoms with Gasteiger partial charge in [-0.3, -0.25) is 0 Å². The van der Waals surface area contributed by atoms with Crippen molar-refractivity contribution < 1.29 is 18.7 Å². The second-order valence-corrected chi connectivity index (χ2v) is 12.2. The minimum absolute atomic E-state index is 0. The smallest absolute Gasteiger partial charge is 0.424 e. The molecule has 6 nitrogen and oxygen atoms in total. The highest BCUT2D eigenvalue weighted by atomic mass is 35.5. The van der Waals surface area contributed by atoms with Crippen LogP contribution in [0, 0.1) is 11.7 Å². The standard InChI is InChI=1S/C39H44FN3O3.ClH/c40-37-19-10-14-34(29-37)28-32-20-24-42(25-21-32)23-11-22-39(35-15-6-2-7-16-35,36-17-8-3-9-18-36)31-41-43(26-27-44)38(45)46-30-33-12-4-1-5-13-33;/h1-10,12-19,27,29,32,41H,11,20-26,28,30-31H2;1H. The summed E-state index contributed by atoms with van der Waals surface area (Å²) in [5.74, 6) is 0.406. The van der Waals surface area contributed by atoms with Crippen LogP contribution in [0.1, 0.15) is 47.9 Å². The molecule has 1 heterocycles. The fourth-order valence-corrected chi connectivity index (χ4v) is 6.58. The van der Waals surface area contributed by atoms with Crippen molar-refractivity contribution in [1.29, 1.82) is 0 Å². The maximum atomic E-state index is 13.7. The summed E-state index contributed by atoms with van der Waals surface area (Å²) in [4.78, 5) is 27.3. The molecule has 1 amide bonds. The molecule has 0 spiro atoms. The molecule has 8 heteroatoms. The van der Waals surface area contributed by atoms with Crippen molar-refractivity contribution in [3.63, 3.8) is 0 Å². The van der Waals surface area contributed by atoms with E-state index in [1.165, 1.54) is 11.1 Å². The van der Waals surface area contributed by atoms with Gasteiger partial charge in [-0.15, -0.1) is 12.4 Å². The van der Waals surface area contributed by atoms with Crippen molar-refractivity contribution in [2.75, 3.05) is 32.7 Å². The molecule has 5 rings (SSSR count). The number of nitrogens with one attached hydrogen (secondary N) is 1. The highest BCUT2D eigenvalue weighted by molar-refractivity contribution is 5.85. The van der Waals surface area contributed by atoms with Crippen LogP contribution in [0.2, 0.25) is 0 Å². The van der Waals surface area contributed by atoms with Gasteiger partial charge in [-0.2, -0.15) is 0 Å². The molecule has 4 aromatic rings. The molecule has 1 fully saturated rings. The lowest BCUT2D eigenvalue weighted by Crippen LogP contribution is -2.51. The molecular formula is C39H45ClFN3O3. The van der Waals surface area contributed by atoms with E-state index in [2.05, 4.69) is 34.6 Å². The van der Waals surface area contributed by atoms with E-state index in [1.54, 1.807) is 12.1 Å². The van der Waals surface area contributed by atoms with Gasteiger partial charge in [0.25, 0.3) is 0 Å². The number of hydrogen-bond acceptors (Lipinski definition) is 5. The number of aldehydes is 1. The Morgan fingerprint density at radius 1 is 0.872 bits per heavy atom. The van der Waals surface area contributed by atoms with Gasteiger partial charge in [0, 0.05) is 12.0 Å². The summed E-state index contributed by atoms with van der Waals surface area (Å²) in [6, 6.07) is 37.3. The summed E-state index contributed by atoms with van der Waals surface area (Å²) in [5.41, 5.74) is 7.09.